The van der Waals surface area contributed by atoms with E-state index in [2.05, 4.69) is 29.1 Å². The number of hydrogen-bond acceptors (Lipinski definition) is 6. The molecule has 204 valence electrons. The number of nitrogens with zero attached hydrogens (tertiary/aromatic N) is 5. The number of carboxylic acids is 1. The average molecular weight is 532 g/mol. The Hall–Kier alpha value is -3.21. The Labute approximate surface area is 218 Å². The Balaban J connectivity index is 1.30. The minimum atomic E-state index is -4.42. The topological polar surface area (TPSA) is 97.3 Å². The predicted octanol–water partition coefficient (Wildman–Crippen LogP) is 4.92. The highest BCUT2D eigenvalue weighted by atomic mass is 19.4. The molecule has 8 nitrogen and oxygen atoms in total. The molecular formula is C27H32F3N5O3. The average Bonchev–Trinajstić information content (AvgIpc) is 3.46. The van der Waals surface area contributed by atoms with Crippen molar-refractivity contribution in [2.45, 2.75) is 64.6 Å². The van der Waals surface area contributed by atoms with Crippen LogP contribution in [0, 0.1) is 11.3 Å². The van der Waals surface area contributed by atoms with Gasteiger partial charge in [0, 0.05) is 23.9 Å². The maximum absolute atomic E-state index is 13.9. The quantitative estimate of drug-likeness (QED) is 0.482. The van der Waals surface area contributed by atoms with E-state index in [1.54, 1.807) is 24.3 Å². The zero-order chi connectivity index (χ0) is 27.2. The molecule has 2 aliphatic rings. The van der Waals surface area contributed by atoms with Crippen molar-refractivity contribution in [3.05, 3.63) is 41.1 Å². The van der Waals surface area contributed by atoms with E-state index in [0.717, 1.165) is 24.8 Å². The maximum Gasteiger partial charge on any atom is 0.404 e. The van der Waals surface area contributed by atoms with Crippen molar-refractivity contribution in [1.82, 2.24) is 24.9 Å². The van der Waals surface area contributed by atoms with Crippen molar-refractivity contribution < 1.29 is 27.5 Å². The number of aryl methyl sites for hydroxylation is 1. The first kappa shape index (κ1) is 26.4. The highest BCUT2D eigenvalue weighted by molar-refractivity contribution is 5.70. The monoisotopic (exact) mass is 531 g/mol. The van der Waals surface area contributed by atoms with Crippen molar-refractivity contribution in [3.63, 3.8) is 0 Å². The fourth-order valence-electron chi connectivity index (χ4n) is 5.62. The number of aromatic nitrogens is 4. The molecule has 1 saturated heterocycles. The number of likely N-dealkylation sites (tertiary alicyclic amines) is 1. The van der Waals surface area contributed by atoms with E-state index in [0.29, 0.717) is 22.7 Å². The Morgan fingerprint density at radius 3 is 2.45 bits per heavy atom. The van der Waals surface area contributed by atoms with Gasteiger partial charge in [-0.15, -0.1) is 10.2 Å². The van der Waals surface area contributed by atoms with Crippen LogP contribution in [-0.4, -0.2) is 61.3 Å². The van der Waals surface area contributed by atoms with Crippen LogP contribution in [-0.2, 0) is 31.1 Å². The lowest BCUT2D eigenvalue weighted by Gasteiger charge is -2.37. The number of piperidine rings is 1. The summed E-state index contributed by atoms with van der Waals surface area (Å²) in [4.78, 5) is 12.5. The number of rotatable bonds is 6. The number of alkyl halides is 3. The van der Waals surface area contributed by atoms with Gasteiger partial charge in [-0.05, 0) is 74.7 Å². The van der Waals surface area contributed by atoms with Gasteiger partial charge in [0.1, 0.15) is 6.04 Å². The number of halogens is 3. The summed E-state index contributed by atoms with van der Waals surface area (Å²) >= 11 is 0. The Bertz CT molecular complexity index is 1300. The molecular weight excluding hydrogens is 499 g/mol. The predicted molar refractivity (Wildman–Crippen MR) is 133 cm³/mol. The molecule has 1 unspecified atom stereocenters. The van der Waals surface area contributed by atoms with Gasteiger partial charge >= 0.3 is 12.1 Å². The molecule has 5 rings (SSSR count). The lowest BCUT2D eigenvalue weighted by Crippen LogP contribution is -2.50. The number of hydrogen-bond donors (Lipinski definition) is 1. The summed E-state index contributed by atoms with van der Waals surface area (Å²) in [5, 5.41) is 22.2. The van der Waals surface area contributed by atoms with E-state index in [1.165, 1.54) is 10.6 Å². The first-order valence-corrected chi connectivity index (χ1v) is 12.9. The van der Waals surface area contributed by atoms with Crippen LogP contribution in [0.4, 0.5) is 13.2 Å². The molecule has 0 radical (unpaired) electrons. The maximum atomic E-state index is 13.9. The molecule has 38 heavy (non-hydrogen) atoms. The standard InChI is InChI=1S/C27H32F3N5O3/c1-26(2)11-8-19-20(15-26)34(3)33-22(19)24-32-31-23(38-24)17-6-4-16(5-7-17)14-21(27(28,29)30)35-12-9-18(10-13-35)25(36)37/h4-7,18,21H,8-15H2,1-3H3,(H,36,37). The third kappa shape index (κ3) is 5.34. The lowest BCUT2D eigenvalue weighted by atomic mass is 9.76. The van der Waals surface area contributed by atoms with E-state index < -0.39 is 24.1 Å². The van der Waals surface area contributed by atoms with Gasteiger partial charge in [-0.1, -0.05) is 26.0 Å². The van der Waals surface area contributed by atoms with E-state index >= 15 is 0 Å². The second-order valence-electron chi connectivity index (χ2n) is 11.3. The van der Waals surface area contributed by atoms with Crippen LogP contribution in [0.1, 0.15) is 49.9 Å². The van der Waals surface area contributed by atoms with Gasteiger partial charge in [-0.25, -0.2) is 0 Å². The van der Waals surface area contributed by atoms with E-state index in [4.69, 9.17) is 9.52 Å². The van der Waals surface area contributed by atoms with Gasteiger partial charge in [0.05, 0.1) is 5.92 Å². The van der Waals surface area contributed by atoms with E-state index in [-0.39, 0.29) is 43.7 Å². The van der Waals surface area contributed by atoms with E-state index in [1.807, 2.05) is 11.7 Å². The summed E-state index contributed by atoms with van der Waals surface area (Å²) in [5.74, 6) is -0.908. The number of carboxylic acid groups (broad SMARTS) is 1. The van der Waals surface area contributed by atoms with Crippen LogP contribution in [0.3, 0.4) is 0 Å². The molecule has 0 bridgehead atoms. The summed E-state index contributed by atoms with van der Waals surface area (Å²) in [6, 6.07) is 5.00. The SMILES string of the molecule is Cn1nc(-c2nnc(-c3ccc(CC(N4CCC(C(=O)O)CC4)C(F)(F)F)cc3)o2)c2c1CC(C)(C)CC2. The number of fused-ring (bicyclic) bond motifs is 1. The Morgan fingerprint density at radius 2 is 1.82 bits per heavy atom. The fraction of sp³-hybridized carbons (Fsp3) is 0.556. The zero-order valence-electron chi connectivity index (χ0n) is 21.8. The van der Waals surface area contributed by atoms with Gasteiger partial charge < -0.3 is 9.52 Å². The van der Waals surface area contributed by atoms with Crippen LogP contribution in [0.5, 0.6) is 0 Å². The molecule has 1 aliphatic heterocycles. The third-order valence-electron chi connectivity index (χ3n) is 7.93. The van der Waals surface area contributed by atoms with Crippen molar-refractivity contribution in [3.8, 4) is 23.0 Å². The molecule has 11 heteroatoms. The molecule has 1 atom stereocenters. The first-order chi connectivity index (χ1) is 17.9. The number of benzene rings is 1. The molecule has 0 amide bonds. The van der Waals surface area contributed by atoms with Crippen LogP contribution in [0.15, 0.2) is 28.7 Å². The molecule has 1 aliphatic carbocycles. The van der Waals surface area contributed by atoms with Crippen LogP contribution in [0.25, 0.3) is 23.0 Å². The Kier molecular flexibility index (Phi) is 6.83. The minimum absolute atomic E-state index is 0.110. The summed E-state index contributed by atoms with van der Waals surface area (Å²) < 4.78 is 49.6. The van der Waals surface area contributed by atoms with E-state index in [9.17, 15) is 18.0 Å². The number of carbonyl (C=O) groups is 1. The summed E-state index contributed by atoms with van der Waals surface area (Å²) in [7, 11) is 1.92. The smallest absolute Gasteiger partial charge is 0.404 e. The molecule has 1 N–H and O–H groups in total. The minimum Gasteiger partial charge on any atom is -0.481 e. The second kappa shape index (κ2) is 9.83. The molecule has 2 aromatic heterocycles. The molecule has 1 aromatic carbocycles. The molecule has 0 saturated carbocycles. The van der Waals surface area contributed by atoms with Gasteiger partial charge in [-0.3, -0.25) is 14.4 Å². The lowest BCUT2D eigenvalue weighted by molar-refractivity contribution is -0.187. The zero-order valence-corrected chi connectivity index (χ0v) is 21.8. The normalized spacial score (nSPS) is 19.3. The Morgan fingerprint density at radius 1 is 1.16 bits per heavy atom. The van der Waals surface area contributed by atoms with Crippen LogP contribution < -0.4 is 0 Å². The van der Waals surface area contributed by atoms with Gasteiger partial charge in [0.15, 0.2) is 5.69 Å². The van der Waals surface area contributed by atoms with Crippen LogP contribution >= 0.6 is 0 Å². The summed E-state index contributed by atoms with van der Waals surface area (Å²) in [6.07, 6.45) is -1.36. The molecule has 3 aromatic rings. The molecule has 0 spiro atoms. The van der Waals surface area contributed by atoms with Gasteiger partial charge in [0.2, 0.25) is 5.89 Å². The fourth-order valence-corrected chi connectivity index (χ4v) is 5.62. The highest BCUT2D eigenvalue weighted by Gasteiger charge is 2.44. The third-order valence-corrected chi connectivity index (χ3v) is 7.93. The largest absolute Gasteiger partial charge is 0.481 e. The van der Waals surface area contributed by atoms with Crippen LogP contribution in [0.2, 0.25) is 0 Å². The molecule has 3 heterocycles. The first-order valence-electron chi connectivity index (χ1n) is 12.9. The summed E-state index contributed by atoms with van der Waals surface area (Å²) in [6.45, 7) is 4.71. The summed E-state index contributed by atoms with van der Waals surface area (Å²) in [5.41, 5.74) is 4.34. The second-order valence-corrected chi connectivity index (χ2v) is 11.3. The van der Waals surface area contributed by atoms with Crippen molar-refractivity contribution >= 4 is 5.97 Å². The van der Waals surface area contributed by atoms with Crippen molar-refractivity contribution in [1.29, 1.82) is 0 Å². The highest BCUT2D eigenvalue weighted by Crippen LogP contribution is 2.39. The van der Waals surface area contributed by atoms with Gasteiger partial charge in [-0.2, -0.15) is 18.3 Å². The van der Waals surface area contributed by atoms with Gasteiger partial charge in [0.25, 0.3) is 5.89 Å². The van der Waals surface area contributed by atoms with Crippen molar-refractivity contribution in [2.75, 3.05) is 13.1 Å². The molecule has 1 fully saturated rings. The van der Waals surface area contributed by atoms with Crippen molar-refractivity contribution in [2.24, 2.45) is 18.4 Å². The number of aliphatic carboxylic acids is 1.